The number of ether oxygens (including phenoxy) is 1. The summed E-state index contributed by atoms with van der Waals surface area (Å²) in [4.78, 5) is 12.0. The van der Waals surface area contributed by atoms with Gasteiger partial charge in [-0.15, -0.1) is 0 Å². The zero-order chi connectivity index (χ0) is 19.2. The third-order valence-corrected chi connectivity index (χ3v) is 5.06. The van der Waals surface area contributed by atoms with Crippen molar-refractivity contribution in [3.05, 3.63) is 60.7 Å². The monoisotopic (exact) mass is 374 g/mol. The molecular formula is C23H26N4O. The molecule has 0 bridgehead atoms. The smallest absolute Gasteiger partial charge is 0.229 e. The van der Waals surface area contributed by atoms with E-state index in [1.165, 1.54) is 25.7 Å². The maximum atomic E-state index is 5.24. The van der Waals surface area contributed by atoms with Crippen LogP contribution < -0.4 is 15.0 Å². The highest BCUT2D eigenvalue weighted by Gasteiger charge is 2.15. The number of hydrogen-bond donors (Lipinski definition) is 1. The lowest BCUT2D eigenvalue weighted by atomic mass is 10.1. The Balaban J connectivity index is 1.68. The maximum Gasteiger partial charge on any atom is 0.229 e. The zero-order valence-corrected chi connectivity index (χ0v) is 16.3. The summed E-state index contributed by atoms with van der Waals surface area (Å²) >= 11 is 0. The summed E-state index contributed by atoms with van der Waals surface area (Å²) in [6, 6.07) is 20.2. The van der Waals surface area contributed by atoms with Gasteiger partial charge >= 0.3 is 0 Å². The summed E-state index contributed by atoms with van der Waals surface area (Å²) in [6.07, 6.45) is 5.02. The van der Waals surface area contributed by atoms with E-state index in [1.807, 2.05) is 42.5 Å². The molecule has 0 saturated carbocycles. The normalized spacial score (nSPS) is 14.4. The first kappa shape index (κ1) is 18.3. The zero-order valence-electron chi connectivity index (χ0n) is 16.3. The first-order valence-corrected chi connectivity index (χ1v) is 9.92. The van der Waals surface area contributed by atoms with E-state index in [0.717, 1.165) is 41.6 Å². The van der Waals surface area contributed by atoms with Crippen molar-refractivity contribution in [1.82, 2.24) is 9.97 Å². The lowest BCUT2D eigenvalue weighted by molar-refractivity contribution is 0.415. The van der Waals surface area contributed by atoms with Gasteiger partial charge in [-0.2, -0.15) is 4.98 Å². The molecule has 1 aliphatic rings. The van der Waals surface area contributed by atoms with Gasteiger partial charge in [0.05, 0.1) is 12.8 Å². The summed E-state index contributed by atoms with van der Waals surface area (Å²) in [6.45, 7) is 2.10. The highest BCUT2D eigenvalue weighted by atomic mass is 16.5. The number of rotatable bonds is 5. The predicted molar refractivity (Wildman–Crippen MR) is 114 cm³/mol. The van der Waals surface area contributed by atoms with E-state index in [-0.39, 0.29) is 0 Å². The van der Waals surface area contributed by atoms with Gasteiger partial charge in [0.15, 0.2) is 0 Å². The molecule has 144 valence electrons. The molecule has 0 unspecified atom stereocenters. The van der Waals surface area contributed by atoms with E-state index in [9.17, 15) is 0 Å². The van der Waals surface area contributed by atoms with Crippen LogP contribution in [-0.4, -0.2) is 30.2 Å². The van der Waals surface area contributed by atoms with E-state index < -0.39 is 0 Å². The van der Waals surface area contributed by atoms with Crippen LogP contribution in [0.25, 0.3) is 11.3 Å². The summed E-state index contributed by atoms with van der Waals surface area (Å²) in [5.41, 5.74) is 2.97. The molecule has 2 aromatic carbocycles. The molecule has 0 amide bonds. The van der Waals surface area contributed by atoms with E-state index in [1.54, 1.807) is 7.11 Å². The van der Waals surface area contributed by atoms with Gasteiger partial charge in [0, 0.05) is 30.4 Å². The van der Waals surface area contributed by atoms with Crippen molar-refractivity contribution in [1.29, 1.82) is 0 Å². The summed E-state index contributed by atoms with van der Waals surface area (Å²) in [5, 5.41) is 3.36. The highest BCUT2D eigenvalue weighted by Crippen LogP contribution is 2.27. The molecule has 1 N–H and O–H groups in total. The number of anilines is 3. The van der Waals surface area contributed by atoms with Crippen molar-refractivity contribution in [2.75, 3.05) is 30.4 Å². The van der Waals surface area contributed by atoms with Gasteiger partial charge < -0.3 is 15.0 Å². The van der Waals surface area contributed by atoms with Crippen molar-refractivity contribution in [3.8, 4) is 17.0 Å². The second-order valence-electron chi connectivity index (χ2n) is 7.06. The van der Waals surface area contributed by atoms with Crippen molar-refractivity contribution < 1.29 is 4.74 Å². The van der Waals surface area contributed by atoms with E-state index >= 15 is 0 Å². The van der Waals surface area contributed by atoms with Gasteiger partial charge in [0.2, 0.25) is 5.95 Å². The number of nitrogens with zero attached hydrogens (tertiary/aromatic N) is 3. The Hall–Kier alpha value is -3.08. The van der Waals surface area contributed by atoms with E-state index in [0.29, 0.717) is 5.95 Å². The lowest BCUT2D eigenvalue weighted by Gasteiger charge is -2.22. The molecule has 0 radical (unpaired) electrons. The molecule has 5 heteroatoms. The van der Waals surface area contributed by atoms with Crippen molar-refractivity contribution in [2.24, 2.45) is 0 Å². The average molecular weight is 374 g/mol. The summed E-state index contributed by atoms with van der Waals surface area (Å²) in [5.74, 6) is 2.44. The summed E-state index contributed by atoms with van der Waals surface area (Å²) < 4.78 is 5.24. The van der Waals surface area contributed by atoms with E-state index in [4.69, 9.17) is 14.7 Å². The van der Waals surface area contributed by atoms with Crippen LogP contribution in [0.15, 0.2) is 60.7 Å². The average Bonchev–Trinajstić information content (AvgIpc) is 3.04. The van der Waals surface area contributed by atoms with Crippen LogP contribution in [-0.2, 0) is 0 Å². The highest BCUT2D eigenvalue weighted by molar-refractivity contribution is 5.66. The molecule has 0 aliphatic carbocycles. The molecule has 0 spiro atoms. The summed E-state index contributed by atoms with van der Waals surface area (Å²) in [7, 11) is 1.67. The topological polar surface area (TPSA) is 50.3 Å². The molecule has 1 aliphatic heterocycles. The Labute approximate surface area is 166 Å². The fourth-order valence-corrected chi connectivity index (χ4v) is 3.51. The van der Waals surface area contributed by atoms with Crippen molar-refractivity contribution in [3.63, 3.8) is 0 Å². The Morgan fingerprint density at radius 3 is 2.25 bits per heavy atom. The second-order valence-corrected chi connectivity index (χ2v) is 7.06. The quantitative estimate of drug-likeness (QED) is 0.659. The van der Waals surface area contributed by atoms with Crippen molar-refractivity contribution >= 4 is 17.5 Å². The molecule has 1 fully saturated rings. The van der Waals surface area contributed by atoms with Gasteiger partial charge in [-0.1, -0.05) is 43.2 Å². The van der Waals surface area contributed by atoms with Crippen LogP contribution in [0.1, 0.15) is 25.7 Å². The molecule has 5 nitrogen and oxygen atoms in total. The number of benzene rings is 2. The largest absolute Gasteiger partial charge is 0.497 e. The fourth-order valence-electron chi connectivity index (χ4n) is 3.51. The molecular weight excluding hydrogens is 348 g/mol. The van der Waals surface area contributed by atoms with Gasteiger partial charge in [-0.3, -0.25) is 0 Å². The fraction of sp³-hybridized carbons (Fsp3) is 0.304. The predicted octanol–water partition coefficient (Wildman–Crippen LogP) is 5.28. The molecule has 3 aromatic rings. The SMILES string of the molecule is COc1ccc(Nc2nc(-c3ccccc3)cc(N3CCCCCC3)n2)cc1. The van der Waals surface area contributed by atoms with Crippen LogP contribution >= 0.6 is 0 Å². The van der Waals surface area contributed by atoms with Gasteiger partial charge in [0.25, 0.3) is 0 Å². The van der Waals surface area contributed by atoms with Crippen LogP contribution in [0.5, 0.6) is 5.75 Å². The third-order valence-electron chi connectivity index (χ3n) is 5.06. The molecule has 1 saturated heterocycles. The standard InChI is InChI=1S/C23H26N4O/c1-28-20-13-11-19(12-14-20)24-23-25-21(18-9-5-4-6-10-18)17-22(26-23)27-15-7-2-3-8-16-27/h4-6,9-14,17H,2-3,7-8,15-16H2,1H3,(H,24,25,26). The lowest BCUT2D eigenvalue weighted by Crippen LogP contribution is -2.25. The van der Waals surface area contributed by atoms with Crippen molar-refractivity contribution in [2.45, 2.75) is 25.7 Å². The Bertz CT molecular complexity index is 888. The number of nitrogens with one attached hydrogen (secondary N) is 1. The maximum absolute atomic E-state index is 5.24. The first-order valence-electron chi connectivity index (χ1n) is 9.92. The van der Waals surface area contributed by atoms with E-state index in [2.05, 4.69) is 28.4 Å². The Kier molecular flexibility index (Phi) is 5.71. The second kappa shape index (κ2) is 8.74. The number of hydrogen-bond acceptors (Lipinski definition) is 5. The molecule has 1 aromatic heterocycles. The first-order chi connectivity index (χ1) is 13.8. The van der Waals surface area contributed by atoms with Gasteiger partial charge in [-0.25, -0.2) is 4.98 Å². The minimum Gasteiger partial charge on any atom is -0.497 e. The van der Waals surface area contributed by atoms with Crippen LogP contribution in [0, 0.1) is 0 Å². The van der Waals surface area contributed by atoms with Crippen LogP contribution in [0.4, 0.5) is 17.5 Å². The van der Waals surface area contributed by atoms with Crippen LogP contribution in [0.3, 0.4) is 0 Å². The Morgan fingerprint density at radius 1 is 0.857 bits per heavy atom. The third kappa shape index (κ3) is 4.42. The molecule has 0 atom stereocenters. The Morgan fingerprint density at radius 2 is 1.57 bits per heavy atom. The van der Waals surface area contributed by atoms with Gasteiger partial charge in [0.1, 0.15) is 11.6 Å². The molecule has 4 rings (SSSR count). The number of methoxy groups -OCH3 is 1. The van der Waals surface area contributed by atoms with Crippen LogP contribution in [0.2, 0.25) is 0 Å². The molecule has 2 heterocycles. The minimum absolute atomic E-state index is 0.616. The van der Waals surface area contributed by atoms with Gasteiger partial charge in [-0.05, 0) is 37.1 Å². The number of aromatic nitrogens is 2. The molecule has 28 heavy (non-hydrogen) atoms. The minimum atomic E-state index is 0.616.